The van der Waals surface area contributed by atoms with Crippen LogP contribution in [0.25, 0.3) is 0 Å². The monoisotopic (exact) mass is 410 g/mol. The topological polar surface area (TPSA) is 222 Å². The van der Waals surface area contributed by atoms with Crippen LogP contribution in [0, 0.1) is 0 Å². The number of carboxylic acid groups (broad SMARTS) is 1. The normalized spacial score (nSPS) is 15.1. The largest absolute Gasteiger partial charge is 1.00 e. The Hall–Kier alpha value is 1.11. The van der Waals surface area contributed by atoms with Gasteiger partial charge in [0.1, 0.15) is 18.5 Å². The molecule has 0 saturated heterocycles. The second kappa shape index (κ2) is 25.1. The number of hydrogen-bond donors (Lipinski definition) is 7. The fraction of sp³-hybridized carbons (Fsp3) is 0.818. The molecule has 5 atom stereocenters. The molecule has 25 heavy (non-hydrogen) atoms. The quantitative estimate of drug-likeness (QED) is 0.139. The van der Waals surface area contributed by atoms with Crippen molar-refractivity contribution in [1.82, 2.24) is 0 Å². The number of aliphatic carboxylic acids is 1. The maximum absolute atomic E-state index is 9.93. The third kappa shape index (κ3) is 23.1. The van der Waals surface area contributed by atoms with E-state index in [0.717, 1.165) is 0 Å². The van der Waals surface area contributed by atoms with Crippen LogP contribution in [0.5, 0.6) is 0 Å². The Morgan fingerprint density at radius 3 is 1.52 bits per heavy atom. The van der Waals surface area contributed by atoms with Crippen molar-refractivity contribution in [3.8, 4) is 0 Å². The van der Waals surface area contributed by atoms with Gasteiger partial charge in [0.15, 0.2) is 0 Å². The molecule has 0 aromatic heterocycles. The van der Waals surface area contributed by atoms with E-state index in [-0.39, 0.29) is 65.5 Å². The van der Waals surface area contributed by atoms with Crippen molar-refractivity contribution in [3.05, 3.63) is 0 Å². The van der Waals surface area contributed by atoms with Gasteiger partial charge in [-0.05, 0) is 0 Å². The first-order valence-corrected chi connectivity index (χ1v) is 6.44. The van der Waals surface area contributed by atoms with E-state index in [9.17, 15) is 14.7 Å². The molecule has 0 bridgehead atoms. The molecule has 14 heteroatoms. The second-order valence-corrected chi connectivity index (χ2v) is 4.11. The van der Waals surface area contributed by atoms with E-state index in [2.05, 4.69) is 11.9 Å². The first-order valence-electron chi connectivity index (χ1n) is 6.13. The number of carboxylic acids is 1. The molecule has 0 fully saturated rings. The van der Waals surface area contributed by atoms with Crippen LogP contribution in [0.2, 0.25) is 0 Å². The van der Waals surface area contributed by atoms with E-state index in [1.807, 2.05) is 0 Å². The summed E-state index contributed by atoms with van der Waals surface area (Å²) in [5.41, 5.74) is 0. The number of halogens is 1. The maximum atomic E-state index is 9.93. The van der Waals surface area contributed by atoms with E-state index < -0.39 is 56.1 Å². The molecular formula is C11H21ClNa2O11. The summed E-state index contributed by atoms with van der Waals surface area (Å²) in [4.78, 5) is 19.6. The van der Waals surface area contributed by atoms with E-state index in [1.54, 1.807) is 0 Å². The van der Waals surface area contributed by atoms with Gasteiger partial charge in [-0.25, -0.2) is 11.9 Å². The Balaban J connectivity index is -0.0000000926. The molecule has 0 amide bonds. The average molecular weight is 411 g/mol. The molecule has 0 saturated carbocycles. The molecule has 0 spiro atoms. The zero-order valence-corrected chi connectivity index (χ0v) is 18.7. The molecular weight excluding hydrogens is 390 g/mol. The summed E-state index contributed by atoms with van der Waals surface area (Å²) in [7, 11) is 0. The van der Waals surface area contributed by atoms with E-state index >= 15 is 0 Å². The van der Waals surface area contributed by atoms with Crippen LogP contribution in [-0.4, -0.2) is 91.7 Å². The molecule has 0 aromatic carbocycles. The standard InChI is InChI=1S/C6H12O6.C5H10O4.ClO.2Na/c7-2-5(10)3(8)1-4(9)6(11)12;6-2-1-4(8)5(9)3-7;1-2;;/h3-5,7-10H,1-2H2,(H,11,12);2,4-5,7-9H,1,3H2;;;/q;;-1;2*+1/p-1/t3-,4-,5+;4-,5+;;;/m00.../s1. The van der Waals surface area contributed by atoms with Crippen LogP contribution in [0.3, 0.4) is 0 Å². The Morgan fingerprint density at radius 2 is 1.24 bits per heavy atom. The predicted molar refractivity (Wildman–Crippen MR) is 70.4 cm³/mol. The Morgan fingerprint density at radius 1 is 0.880 bits per heavy atom. The fourth-order valence-electron chi connectivity index (χ4n) is 0.981. The van der Waals surface area contributed by atoms with Crippen molar-refractivity contribution in [2.24, 2.45) is 0 Å². The van der Waals surface area contributed by atoms with E-state index in [1.165, 1.54) is 0 Å². The minimum Gasteiger partial charge on any atom is -0.769 e. The molecule has 0 unspecified atom stereocenters. The van der Waals surface area contributed by atoms with Crippen LogP contribution >= 0.6 is 11.9 Å². The van der Waals surface area contributed by atoms with Gasteiger partial charge in [0, 0.05) is 12.8 Å². The van der Waals surface area contributed by atoms with Crippen LogP contribution < -0.4 is 68.9 Å². The third-order valence-corrected chi connectivity index (χ3v) is 2.34. The number of aliphatic hydroxyl groups is 7. The van der Waals surface area contributed by atoms with Gasteiger partial charge in [0.25, 0.3) is 0 Å². The maximum Gasteiger partial charge on any atom is 1.00 e. The molecule has 7 N–H and O–H groups in total. The molecule has 0 rings (SSSR count). The summed E-state index contributed by atoms with van der Waals surface area (Å²) in [6.07, 6.45) is -7.29. The van der Waals surface area contributed by atoms with Crippen molar-refractivity contribution in [1.29, 1.82) is 0 Å². The average Bonchev–Trinajstić information content (AvgIpc) is 2.55. The van der Waals surface area contributed by atoms with E-state index in [0.29, 0.717) is 6.29 Å². The Labute approximate surface area is 193 Å². The van der Waals surface area contributed by atoms with E-state index in [4.69, 9.17) is 40.4 Å². The summed E-state index contributed by atoms with van der Waals surface area (Å²) in [6, 6.07) is 0. The van der Waals surface area contributed by atoms with Crippen LogP contribution in [-0.2, 0) is 9.59 Å². The predicted octanol–water partition coefficient (Wildman–Crippen LogP) is -12.0. The summed E-state index contributed by atoms with van der Waals surface area (Å²) < 4.78 is 7.72. The van der Waals surface area contributed by atoms with Crippen molar-refractivity contribution >= 4 is 24.1 Å². The summed E-state index contributed by atoms with van der Waals surface area (Å²) >= 11 is 3.39. The van der Waals surface area contributed by atoms with Crippen molar-refractivity contribution in [3.63, 3.8) is 0 Å². The smallest absolute Gasteiger partial charge is 0.769 e. The second-order valence-electron chi connectivity index (χ2n) is 4.11. The molecule has 0 aromatic rings. The molecule has 0 aliphatic heterocycles. The first-order chi connectivity index (χ1) is 10.7. The Kier molecular flexibility index (Phi) is 37.1. The van der Waals surface area contributed by atoms with Crippen molar-refractivity contribution in [2.75, 3.05) is 13.2 Å². The number of carbonyl (C=O) groups excluding carboxylic acids is 2. The SMILES string of the molecule is O=C([O-])[C@@H](O)C[C@H](O)[C@H](O)CO.O=CC[C@H](O)[C@H](O)CO.[Na+].[Na+].[O-]Cl. The number of carbonyl (C=O) groups is 2. The van der Waals surface area contributed by atoms with Crippen LogP contribution in [0.15, 0.2) is 0 Å². The van der Waals surface area contributed by atoms with Crippen molar-refractivity contribution < 1.29 is 114 Å². The minimum atomic E-state index is -1.83. The Bertz CT molecular complexity index is 301. The van der Waals surface area contributed by atoms with Gasteiger partial charge in [-0.3, -0.25) is 0 Å². The van der Waals surface area contributed by atoms with Gasteiger partial charge < -0.3 is 55.1 Å². The number of aliphatic hydroxyl groups excluding tert-OH is 7. The molecule has 0 aliphatic carbocycles. The minimum absolute atomic E-state index is 0. The summed E-state index contributed by atoms with van der Waals surface area (Å²) in [5.74, 6) is -1.72. The zero-order valence-electron chi connectivity index (χ0n) is 13.9. The number of hydrogen-bond acceptors (Lipinski definition) is 11. The number of aldehydes is 1. The molecule has 0 heterocycles. The van der Waals surface area contributed by atoms with Crippen LogP contribution in [0.4, 0.5) is 0 Å². The first kappa shape index (κ1) is 36.9. The van der Waals surface area contributed by atoms with Crippen LogP contribution in [0.1, 0.15) is 12.8 Å². The van der Waals surface area contributed by atoms with Gasteiger partial charge in [-0.1, -0.05) is 0 Å². The van der Waals surface area contributed by atoms with Crippen molar-refractivity contribution in [2.45, 2.75) is 43.4 Å². The zero-order chi connectivity index (χ0) is 19.0. The molecule has 11 nitrogen and oxygen atoms in total. The van der Waals surface area contributed by atoms with Gasteiger partial charge in [-0.15, -0.1) is 0 Å². The van der Waals surface area contributed by atoms with Gasteiger partial charge in [0.2, 0.25) is 0 Å². The van der Waals surface area contributed by atoms with Gasteiger partial charge in [-0.2, -0.15) is 0 Å². The molecule has 0 aliphatic rings. The van der Waals surface area contributed by atoms with Gasteiger partial charge in [0.05, 0.1) is 37.5 Å². The van der Waals surface area contributed by atoms with Gasteiger partial charge >= 0.3 is 59.1 Å². The summed E-state index contributed by atoms with van der Waals surface area (Å²) in [6.45, 7) is -1.21. The molecule has 0 radical (unpaired) electrons. The molecule has 140 valence electrons. The number of rotatable bonds is 9. The summed E-state index contributed by atoms with van der Waals surface area (Å²) in [5, 5.41) is 69.9. The third-order valence-electron chi connectivity index (χ3n) is 2.34. The fourth-order valence-corrected chi connectivity index (χ4v) is 0.981.